The van der Waals surface area contributed by atoms with E-state index in [1.54, 1.807) is 6.92 Å². The highest BCUT2D eigenvalue weighted by molar-refractivity contribution is 5.98. The molecule has 0 aliphatic rings. The van der Waals surface area contributed by atoms with E-state index in [2.05, 4.69) is 5.32 Å². The van der Waals surface area contributed by atoms with Crippen LogP contribution in [0.1, 0.15) is 30.1 Å². The number of nitro benzene ring substituents is 1. The monoisotopic (exact) mass is 270 g/mol. The quantitative estimate of drug-likeness (QED) is 0.466. The first-order valence-corrected chi connectivity index (χ1v) is 5.82. The van der Waals surface area contributed by atoms with Crippen LogP contribution in [0.25, 0.3) is 0 Å². The number of halogens is 1. The number of nitrogens with zero attached hydrogens (tertiary/aromatic N) is 1. The zero-order valence-corrected chi connectivity index (χ0v) is 10.4. The first-order chi connectivity index (χ1) is 8.91. The summed E-state index contributed by atoms with van der Waals surface area (Å²) in [7, 11) is 0. The molecule has 0 spiro atoms. The lowest BCUT2D eigenvalue weighted by molar-refractivity contribution is -0.385. The topological polar surface area (TPSA) is 92.5 Å². The number of rotatable bonds is 6. The zero-order chi connectivity index (χ0) is 14.4. The van der Waals surface area contributed by atoms with Crippen LogP contribution in [0.15, 0.2) is 18.2 Å². The van der Waals surface area contributed by atoms with E-state index in [-0.39, 0.29) is 12.1 Å². The fraction of sp³-hybridized carbons (Fsp3) is 0.417. The summed E-state index contributed by atoms with van der Waals surface area (Å²) < 4.78 is 13.0. The molecule has 19 heavy (non-hydrogen) atoms. The van der Waals surface area contributed by atoms with Gasteiger partial charge in [0.25, 0.3) is 11.6 Å². The van der Waals surface area contributed by atoms with Gasteiger partial charge in [0, 0.05) is 12.6 Å². The minimum atomic E-state index is -0.732. The Morgan fingerprint density at radius 1 is 1.58 bits per heavy atom. The predicted octanol–water partition coefficient (Wildman–Crippen LogP) is 1.62. The normalized spacial score (nSPS) is 11.9. The minimum Gasteiger partial charge on any atom is -0.393 e. The molecule has 0 aliphatic carbocycles. The van der Waals surface area contributed by atoms with E-state index in [9.17, 15) is 19.3 Å². The predicted molar refractivity (Wildman–Crippen MR) is 66.3 cm³/mol. The van der Waals surface area contributed by atoms with Crippen LogP contribution >= 0.6 is 0 Å². The average Bonchev–Trinajstić information content (AvgIpc) is 2.33. The molecule has 6 nitrogen and oxygen atoms in total. The molecule has 104 valence electrons. The Hall–Kier alpha value is -2.02. The standard InChI is InChI=1S/C12H15FN2O4/c1-8(16)3-2-6-14-12(17)10-7-9(13)4-5-11(10)15(18)19/h4-5,7-8,16H,2-3,6H2,1H3,(H,14,17). The van der Waals surface area contributed by atoms with Crippen LogP contribution in [0, 0.1) is 15.9 Å². The molecule has 1 aromatic rings. The Morgan fingerprint density at radius 2 is 2.26 bits per heavy atom. The fourth-order valence-electron chi connectivity index (χ4n) is 1.54. The van der Waals surface area contributed by atoms with E-state index in [4.69, 9.17) is 5.11 Å². The molecule has 0 fully saturated rings. The number of hydrogen-bond acceptors (Lipinski definition) is 4. The molecule has 1 amide bonds. The van der Waals surface area contributed by atoms with Gasteiger partial charge in [-0.05, 0) is 31.9 Å². The van der Waals surface area contributed by atoms with Crippen LogP contribution in [0.5, 0.6) is 0 Å². The number of carbonyl (C=O) groups excluding carboxylic acids is 1. The van der Waals surface area contributed by atoms with Gasteiger partial charge in [0.05, 0.1) is 11.0 Å². The number of carbonyl (C=O) groups is 1. The van der Waals surface area contributed by atoms with E-state index in [1.165, 1.54) is 0 Å². The molecular formula is C12H15FN2O4. The van der Waals surface area contributed by atoms with E-state index in [1.807, 2.05) is 0 Å². The molecule has 0 heterocycles. The highest BCUT2D eigenvalue weighted by atomic mass is 19.1. The van der Waals surface area contributed by atoms with E-state index >= 15 is 0 Å². The average molecular weight is 270 g/mol. The lowest BCUT2D eigenvalue weighted by atomic mass is 10.1. The molecule has 0 aliphatic heterocycles. The van der Waals surface area contributed by atoms with Gasteiger partial charge in [-0.2, -0.15) is 0 Å². The fourth-order valence-corrected chi connectivity index (χ4v) is 1.54. The number of nitro groups is 1. The molecule has 0 radical (unpaired) electrons. The molecule has 1 unspecified atom stereocenters. The number of nitrogens with one attached hydrogen (secondary N) is 1. The van der Waals surface area contributed by atoms with E-state index in [0.29, 0.717) is 12.8 Å². The SMILES string of the molecule is CC(O)CCCNC(=O)c1cc(F)ccc1[N+](=O)[O-]. The molecule has 2 N–H and O–H groups in total. The van der Waals surface area contributed by atoms with Gasteiger partial charge in [0.1, 0.15) is 11.4 Å². The van der Waals surface area contributed by atoms with Crippen molar-refractivity contribution < 1.29 is 19.2 Å². The Bertz CT molecular complexity index is 477. The van der Waals surface area contributed by atoms with Gasteiger partial charge < -0.3 is 10.4 Å². The number of hydrogen-bond donors (Lipinski definition) is 2. The van der Waals surface area contributed by atoms with Gasteiger partial charge in [0.2, 0.25) is 0 Å². The van der Waals surface area contributed by atoms with Crippen molar-refractivity contribution in [1.82, 2.24) is 5.32 Å². The third-order valence-electron chi connectivity index (χ3n) is 2.48. The smallest absolute Gasteiger partial charge is 0.282 e. The Kier molecular flexibility index (Phi) is 5.37. The Labute approximate surface area is 109 Å². The first kappa shape index (κ1) is 15.0. The second-order valence-corrected chi connectivity index (χ2v) is 4.17. The van der Waals surface area contributed by atoms with Gasteiger partial charge in [0.15, 0.2) is 0 Å². The molecule has 1 aromatic carbocycles. The van der Waals surface area contributed by atoms with Crippen LogP contribution in [-0.4, -0.2) is 28.6 Å². The maximum Gasteiger partial charge on any atom is 0.282 e. The largest absolute Gasteiger partial charge is 0.393 e. The second kappa shape index (κ2) is 6.79. The van der Waals surface area contributed by atoms with Crippen molar-refractivity contribution >= 4 is 11.6 Å². The highest BCUT2D eigenvalue weighted by Crippen LogP contribution is 2.19. The maximum atomic E-state index is 13.0. The summed E-state index contributed by atoms with van der Waals surface area (Å²) in [6, 6.07) is 2.73. The van der Waals surface area contributed by atoms with Crippen molar-refractivity contribution in [3.05, 3.63) is 39.7 Å². The molecule has 0 bridgehead atoms. The maximum absolute atomic E-state index is 13.0. The van der Waals surface area contributed by atoms with Gasteiger partial charge in [-0.15, -0.1) is 0 Å². The number of amides is 1. The summed E-state index contributed by atoms with van der Waals surface area (Å²) >= 11 is 0. The summed E-state index contributed by atoms with van der Waals surface area (Å²) in [6.45, 7) is 1.89. The lowest BCUT2D eigenvalue weighted by Gasteiger charge is -2.07. The lowest BCUT2D eigenvalue weighted by Crippen LogP contribution is -2.26. The number of aliphatic hydroxyl groups excluding tert-OH is 1. The van der Waals surface area contributed by atoms with Crippen LogP contribution in [0.3, 0.4) is 0 Å². The number of aliphatic hydroxyl groups is 1. The summed E-state index contributed by atoms with van der Waals surface area (Å²) in [5.74, 6) is -1.41. The van der Waals surface area contributed by atoms with Crippen molar-refractivity contribution in [2.45, 2.75) is 25.9 Å². The van der Waals surface area contributed by atoms with Gasteiger partial charge in [-0.25, -0.2) is 4.39 Å². The van der Waals surface area contributed by atoms with Crippen LogP contribution in [-0.2, 0) is 0 Å². The number of benzene rings is 1. The van der Waals surface area contributed by atoms with Crippen molar-refractivity contribution in [3.63, 3.8) is 0 Å². The van der Waals surface area contributed by atoms with Crippen molar-refractivity contribution in [2.75, 3.05) is 6.54 Å². The summed E-state index contributed by atoms with van der Waals surface area (Å²) in [5, 5.41) is 22.2. The summed E-state index contributed by atoms with van der Waals surface area (Å²) in [5.41, 5.74) is -0.739. The molecule has 1 atom stereocenters. The third kappa shape index (κ3) is 4.63. The molecular weight excluding hydrogens is 255 g/mol. The van der Waals surface area contributed by atoms with Gasteiger partial charge in [-0.1, -0.05) is 0 Å². The summed E-state index contributed by atoms with van der Waals surface area (Å²) in [4.78, 5) is 21.7. The second-order valence-electron chi connectivity index (χ2n) is 4.17. The first-order valence-electron chi connectivity index (χ1n) is 5.82. The zero-order valence-electron chi connectivity index (χ0n) is 10.4. The van der Waals surface area contributed by atoms with E-state index in [0.717, 1.165) is 18.2 Å². The van der Waals surface area contributed by atoms with Gasteiger partial charge >= 0.3 is 0 Å². The Balaban J connectivity index is 2.70. The van der Waals surface area contributed by atoms with Crippen LogP contribution in [0.2, 0.25) is 0 Å². The molecule has 0 aromatic heterocycles. The van der Waals surface area contributed by atoms with Crippen LogP contribution < -0.4 is 5.32 Å². The van der Waals surface area contributed by atoms with Gasteiger partial charge in [-0.3, -0.25) is 14.9 Å². The van der Waals surface area contributed by atoms with Crippen LogP contribution in [0.4, 0.5) is 10.1 Å². The molecule has 0 saturated carbocycles. The highest BCUT2D eigenvalue weighted by Gasteiger charge is 2.20. The van der Waals surface area contributed by atoms with Crippen molar-refractivity contribution in [2.24, 2.45) is 0 Å². The van der Waals surface area contributed by atoms with Crippen molar-refractivity contribution in [1.29, 1.82) is 0 Å². The molecule has 7 heteroatoms. The molecule has 1 rings (SSSR count). The molecule has 0 saturated heterocycles. The van der Waals surface area contributed by atoms with Crippen molar-refractivity contribution in [3.8, 4) is 0 Å². The van der Waals surface area contributed by atoms with E-state index < -0.39 is 28.4 Å². The summed E-state index contributed by atoms with van der Waals surface area (Å²) in [6.07, 6.45) is 0.568. The minimum absolute atomic E-state index is 0.261. The Morgan fingerprint density at radius 3 is 2.84 bits per heavy atom. The third-order valence-corrected chi connectivity index (χ3v) is 2.48.